The molecule has 98 valence electrons. The predicted octanol–water partition coefficient (Wildman–Crippen LogP) is 1.82. The molecule has 0 saturated carbocycles. The van der Waals surface area contributed by atoms with E-state index in [1.165, 1.54) is 12.1 Å². The zero-order valence-corrected chi connectivity index (χ0v) is 10.7. The maximum absolute atomic E-state index is 11.7. The van der Waals surface area contributed by atoms with Crippen LogP contribution < -0.4 is 5.32 Å². The lowest BCUT2D eigenvalue weighted by atomic mass is 10.0. The highest BCUT2D eigenvalue weighted by Gasteiger charge is 2.13. The van der Waals surface area contributed by atoms with Crippen LogP contribution in [0, 0.1) is 11.3 Å². The summed E-state index contributed by atoms with van der Waals surface area (Å²) in [5.74, 6) is -1.62. The number of nitrogens with one attached hydrogen (secondary N) is 1. The van der Waals surface area contributed by atoms with Crippen LogP contribution in [-0.2, 0) is 4.79 Å². The molecule has 0 heterocycles. The fourth-order valence-corrected chi connectivity index (χ4v) is 1.46. The normalized spacial score (nSPS) is 10.9. The molecule has 5 nitrogen and oxygen atoms in total. The van der Waals surface area contributed by atoms with E-state index in [0.717, 1.165) is 0 Å². The summed E-state index contributed by atoms with van der Waals surface area (Å²) in [5, 5.41) is 20.6. The van der Waals surface area contributed by atoms with Crippen LogP contribution in [0.25, 0.3) is 6.08 Å². The lowest BCUT2D eigenvalue weighted by Gasteiger charge is -2.07. The van der Waals surface area contributed by atoms with Crippen LogP contribution in [0.4, 0.5) is 0 Å². The van der Waals surface area contributed by atoms with Gasteiger partial charge in [0.1, 0.15) is 11.6 Å². The number of aromatic carboxylic acids is 1. The Hall–Kier alpha value is -2.61. The zero-order valence-electron chi connectivity index (χ0n) is 10.7. The third kappa shape index (κ3) is 3.96. The minimum Gasteiger partial charge on any atom is -0.478 e. The van der Waals surface area contributed by atoms with Gasteiger partial charge in [-0.15, -0.1) is 0 Å². The first-order valence-corrected chi connectivity index (χ1v) is 5.70. The van der Waals surface area contributed by atoms with Gasteiger partial charge in [-0.2, -0.15) is 5.26 Å². The summed E-state index contributed by atoms with van der Waals surface area (Å²) >= 11 is 0. The molecular formula is C14H14N2O3. The number of benzene rings is 1. The van der Waals surface area contributed by atoms with Crippen LogP contribution in [0.1, 0.15) is 29.8 Å². The minimum atomic E-state index is -1.10. The van der Waals surface area contributed by atoms with Crippen LogP contribution in [0.2, 0.25) is 0 Å². The van der Waals surface area contributed by atoms with Gasteiger partial charge in [0.2, 0.25) is 0 Å². The molecule has 0 aliphatic rings. The maximum atomic E-state index is 11.7. The van der Waals surface area contributed by atoms with Gasteiger partial charge < -0.3 is 10.4 Å². The van der Waals surface area contributed by atoms with E-state index in [-0.39, 0.29) is 17.2 Å². The number of carboxylic acids is 1. The number of hydrogen-bond acceptors (Lipinski definition) is 3. The van der Waals surface area contributed by atoms with Gasteiger partial charge in [-0.1, -0.05) is 18.2 Å². The molecule has 0 aliphatic carbocycles. The van der Waals surface area contributed by atoms with Crippen molar-refractivity contribution in [3.63, 3.8) is 0 Å². The fraction of sp³-hybridized carbons (Fsp3) is 0.214. The van der Waals surface area contributed by atoms with Gasteiger partial charge in [-0.25, -0.2) is 4.79 Å². The van der Waals surface area contributed by atoms with Crippen molar-refractivity contribution < 1.29 is 14.7 Å². The molecule has 1 rings (SSSR count). The van der Waals surface area contributed by atoms with Gasteiger partial charge in [-0.05, 0) is 31.6 Å². The summed E-state index contributed by atoms with van der Waals surface area (Å²) in [5.41, 5.74) is 0.250. The number of hydrogen-bond donors (Lipinski definition) is 2. The quantitative estimate of drug-likeness (QED) is 0.636. The van der Waals surface area contributed by atoms with Gasteiger partial charge in [0.25, 0.3) is 5.91 Å². The van der Waals surface area contributed by atoms with Crippen LogP contribution in [0.3, 0.4) is 0 Å². The van der Waals surface area contributed by atoms with Crippen LogP contribution in [-0.4, -0.2) is 23.0 Å². The van der Waals surface area contributed by atoms with Crippen molar-refractivity contribution >= 4 is 18.0 Å². The molecule has 0 aromatic heterocycles. The molecule has 1 amide bonds. The van der Waals surface area contributed by atoms with Crippen LogP contribution in [0.15, 0.2) is 29.8 Å². The summed E-state index contributed by atoms with van der Waals surface area (Å²) in [7, 11) is 0. The van der Waals surface area contributed by atoms with Crippen molar-refractivity contribution in [3.8, 4) is 6.07 Å². The van der Waals surface area contributed by atoms with Crippen molar-refractivity contribution in [1.82, 2.24) is 5.32 Å². The summed E-state index contributed by atoms with van der Waals surface area (Å²) < 4.78 is 0. The molecule has 5 heteroatoms. The molecule has 0 fully saturated rings. The molecule has 19 heavy (non-hydrogen) atoms. The topological polar surface area (TPSA) is 90.2 Å². The number of carbonyl (C=O) groups excluding carboxylic acids is 1. The first kappa shape index (κ1) is 14.5. The van der Waals surface area contributed by atoms with E-state index in [2.05, 4.69) is 5.32 Å². The molecule has 0 aliphatic heterocycles. The first-order valence-electron chi connectivity index (χ1n) is 5.70. The van der Waals surface area contributed by atoms with Gasteiger partial charge in [0.15, 0.2) is 0 Å². The van der Waals surface area contributed by atoms with E-state index >= 15 is 0 Å². The largest absolute Gasteiger partial charge is 0.478 e. The standard InChI is InChI=1S/C14H14N2O3/c1-9(2)16-13(17)11(8-15)7-10-5-3-4-6-12(10)14(18)19/h3-7,9H,1-2H3,(H,16,17)(H,18,19)/b11-7-. The summed E-state index contributed by atoms with van der Waals surface area (Å²) in [6.45, 7) is 3.55. The Kier molecular flexibility index (Phi) is 4.84. The van der Waals surface area contributed by atoms with Gasteiger partial charge >= 0.3 is 5.97 Å². The summed E-state index contributed by atoms with van der Waals surface area (Å²) in [6, 6.07) is 7.88. The Morgan fingerprint density at radius 3 is 2.53 bits per heavy atom. The second-order valence-electron chi connectivity index (χ2n) is 4.19. The Morgan fingerprint density at radius 1 is 1.37 bits per heavy atom. The lowest BCUT2D eigenvalue weighted by molar-refractivity contribution is -0.117. The number of nitrogens with zero attached hydrogens (tertiary/aromatic N) is 1. The SMILES string of the molecule is CC(C)NC(=O)/C(C#N)=C\c1ccccc1C(=O)O. The molecule has 2 N–H and O–H groups in total. The highest BCUT2D eigenvalue weighted by molar-refractivity contribution is 6.03. The molecule has 0 radical (unpaired) electrons. The Balaban J connectivity index is 3.16. The highest BCUT2D eigenvalue weighted by atomic mass is 16.4. The van der Waals surface area contributed by atoms with Gasteiger partial charge in [0, 0.05) is 6.04 Å². The Morgan fingerprint density at radius 2 is 2.00 bits per heavy atom. The van der Waals surface area contributed by atoms with Crippen molar-refractivity contribution in [2.75, 3.05) is 0 Å². The Labute approximate surface area is 111 Å². The van der Waals surface area contributed by atoms with E-state index in [0.29, 0.717) is 5.56 Å². The monoisotopic (exact) mass is 258 g/mol. The summed E-state index contributed by atoms with van der Waals surface area (Å²) in [4.78, 5) is 22.7. The maximum Gasteiger partial charge on any atom is 0.336 e. The third-order valence-electron chi connectivity index (χ3n) is 2.28. The average Bonchev–Trinajstić information content (AvgIpc) is 2.35. The lowest BCUT2D eigenvalue weighted by Crippen LogP contribution is -2.31. The number of carbonyl (C=O) groups is 2. The van der Waals surface area contributed by atoms with Crippen molar-refractivity contribution in [1.29, 1.82) is 5.26 Å². The summed E-state index contributed by atoms with van der Waals surface area (Å²) in [6.07, 6.45) is 1.28. The molecule has 1 aromatic rings. The highest BCUT2D eigenvalue weighted by Crippen LogP contribution is 2.13. The van der Waals surface area contributed by atoms with Gasteiger partial charge in [-0.3, -0.25) is 4.79 Å². The third-order valence-corrected chi connectivity index (χ3v) is 2.28. The molecular weight excluding hydrogens is 244 g/mol. The Bertz CT molecular complexity index is 568. The van der Waals surface area contributed by atoms with E-state index in [9.17, 15) is 9.59 Å². The number of amides is 1. The smallest absolute Gasteiger partial charge is 0.336 e. The first-order chi connectivity index (χ1) is 8.95. The van der Waals surface area contributed by atoms with Crippen molar-refractivity contribution in [3.05, 3.63) is 41.0 Å². The van der Waals surface area contributed by atoms with E-state index < -0.39 is 11.9 Å². The number of nitriles is 1. The van der Waals surface area contributed by atoms with Crippen molar-refractivity contribution in [2.45, 2.75) is 19.9 Å². The molecule has 0 saturated heterocycles. The molecule has 1 aromatic carbocycles. The molecule has 0 spiro atoms. The fourth-order valence-electron chi connectivity index (χ4n) is 1.46. The van der Waals surface area contributed by atoms with Crippen LogP contribution >= 0.6 is 0 Å². The molecule has 0 bridgehead atoms. The van der Waals surface area contributed by atoms with E-state index in [4.69, 9.17) is 10.4 Å². The molecule has 0 unspecified atom stereocenters. The van der Waals surface area contributed by atoms with E-state index in [1.54, 1.807) is 38.1 Å². The van der Waals surface area contributed by atoms with Gasteiger partial charge in [0.05, 0.1) is 5.56 Å². The van der Waals surface area contributed by atoms with Crippen LogP contribution in [0.5, 0.6) is 0 Å². The second-order valence-corrected chi connectivity index (χ2v) is 4.19. The number of rotatable bonds is 4. The number of carboxylic acid groups (broad SMARTS) is 1. The van der Waals surface area contributed by atoms with E-state index in [1.807, 2.05) is 0 Å². The van der Waals surface area contributed by atoms with Crippen molar-refractivity contribution in [2.24, 2.45) is 0 Å². The average molecular weight is 258 g/mol. The second kappa shape index (κ2) is 6.36. The predicted molar refractivity (Wildman–Crippen MR) is 70.3 cm³/mol. The molecule has 0 atom stereocenters. The minimum absolute atomic E-state index is 0.0487. The zero-order chi connectivity index (χ0) is 14.4.